The molecule has 3 rings (SSSR count). The Morgan fingerprint density at radius 3 is 2.65 bits per heavy atom. The summed E-state index contributed by atoms with van der Waals surface area (Å²) in [6.07, 6.45) is 1.03. The Kier molecular flexibility index (Phi) is 3.52. The number of aliphatic hydroxyl groups excluding tert-OH is 1. The molecule has 108 valence electrons. The van der Waals surface area contributed by atoms with Gasteiger partial charge in [0.2, 0.25) is 5.91 Å². The topological polar surface area (TPSA) is 43.8 Å². The van der Waals surface area contributed by atoms with E-state index in [0.717, 1.165) is 31.5 Å². The monoisotopic (exact) mass is 274 g/mol. The largest absolute Gasteiger partial charge is 0.391 e. The standard InChI is InChI=1S/C16H22N2O2/c1-17-9-7-16(14(19)12-17)8-10-18(15(16)20)11-13-5-3-2-4-6-13/h2-6,14,19H,7-12H2,1H3. The van der Waals surface area contributed by atoms with Gasteiger partial charge < -0.3 is 14.9 Å². The molecule has 4 heteroatoms. The third kappa shape index (κ3) is 2.23. The summed E-state index contributed by atoms with van der Waals surface area (Å²) in [7, 11) is 2.00. The Hall–Kier alpha value is -1.39. The van der Waals surface area contributed by atoms with Crippen molar-refractivity contribution in [2.45, 2.75) is 25.5 Å². The minimum atomic E-state index is -0.533. The lowest BCUT2D eigenvalue weighted by molar-refractivity contribution is -0.146. The summed E-state index contributed by atoms with van der Waals surface area (Å²) in [6.45, 7) is 2.91. The van der Waals surface area contributed by atoms with Crippen LogP contribution in [0.5, 0.6) is 0 Å². The molecule has 2 aliphatic rings. The second-order valence-corrected chi connectivity index (χ2v) is 6.15. The smallest absolute Gasteiger partial charge is 0.231 e. The highest BCUT2D eigenvalue weighted by molar-refractivity contribution is 5.85. The normalized spacial score (nSPS) is 31.2. The number of β-amino-alcohol motifs (C(OH)–C–C–N with tert-alkyl or cyclic N) is 1. The van der Waals surface area contributed by atoms with Gasteiger partial charge in [-0.2, -0.15) is 0 Å². The third-order valence-corrected chi connectivity index (χ3v) is 4.82. The van der Waals surface area contributed by atoms with Crippen LogP contribution in [-0.2, 0) is 11.3 Å². The quantitative estimate of drug-likeness (QED) is 0.878. The fourth-order valence-electron chi connectivity index (χ4n) is 3.47. The van der Waals surface area contributed by atoms with Crippen LogP contribution in [0.3, 0.4) is 0 Å². The second kappa shape index (κ2) is 5.19. The zero-order valence-electron chi connectivity index (χ0n) is 12.0. The summed E-state index contributed by atoms with van der Waals surface area (Å²) in [5, 5.41) is 10.4. The number of piperidine rings is 1. The molecule has 1 amide bonds. The van der Waals surface area contributed by atoms with Crippen LogP contribution in [0, 0.1) is 5.41 Å². The number of likely N-dealkylation sites (N-methyl/N-ethyl adjacent to an activating group) is 1. The molecule has 2 saturated heterocycles. The van der Waals surface area contributed by atoms with E-state index < -0.39 is 11.5 Å². The average Bonchev–Trinajstić information content (AvgIpc) is 2.75. The third-order valence-electron chi connectivity index (χ3n) is 4.82. The lowest BCUT2D eigenvalue weighted by Gasteiger charge is -2.40. The van der Waals surface area contributed by atoms with Crippen LogP contribution in [-0.4, -0.2) is 53.6 Å². The minimum Gasteiger partial charge on any atom is -0.391 e. The Morgan fingerprint density at radius 1 is 1.25 bits per heavy atom. The van der Waals surface area contributed by atoms with E-state index in [4.69, 9.17) is 0 Å². The van der Waals surface area contributed by atoms with Crippen LogP contribution in [0.2, 0.25) is 0 Å². The first-order chi connectivity index (χ1) is 9.62. The molecule has 2 aliphatic heterocycles. The van der Waals surface area contributed by atoms with Crippen molar-refractivity contribution < 1.29 is 9.90 Å². The van der Waals surface area contributed by atoms with Crippen molar-refractivity contribution in [3.05, 3.63) is 35.9 Å². The van der Waals surface area contributed by atoms with Crippen molar-refractivity contribution in [1.29, 1.82) is 0 Å². The van der Waals surface area contributed by atoms with Crippen LogP contribution in [0.15, 0.2) is 30.3 Å². The molecule has 0 bridgehead atoms. The van der Waals surface area contributed by atoms with Crippen molar-refractivity contribution in [3.8, 4) is 0 Å². The van der Waals surface area contributed by atoms with Crippen molar-refractivity contribution >= 4 is 5.91 Å². The number of hydrogen-bond donors (Lipinski definition) is 1. The molecule has 1 aromatic carbocycles. The van der Waals surface area contributed by atoms with Crippen molar-refractivity contribution in [2.24, 2.45) is 5.41 Å². The van der Waals surface area contributed by atoms with Gasteiger partial charge in [-0.05, 0) is 32.0 Å². The maximum Gasteiger partial charge on any atom is 0.231 e. The van der Waals surface area contributed by atoms with Gasteiger partial charge >= 0.3 is 0 Å². The Morgan fingerprint density at radius 2 is 1.95 bits per heavy atom. The van der Waals surface area contributed by atoms with Crippen LogP contribution in [0.4, 0.5) is 0 Å². The predicted octanol–water partition coefficient (Wildman–Crippen LogP) is 1.10. The zero-order chi connectivity index (χ0) is 14.2. The molecule has 2 heterocycles. The van der Waals surface area contributed by atoms with Crippen LogP contribution in [0.25, 0.3) is 0 Å². The van der Waals surface area contributed by atoms with Gasteiger partial charge in [0.25, 0.3) is 0 Å². The highest BCUT2D eigenvalue weighted by Crippen LogP contribution is 2.41. The number of amides is 1. The fourth-order valence-corrected chi connectivity index (χ4v) is 3.47. The highest BCUT2D eigenvalue weighted by atomic mass is 16.3. The molecular weight excluding hydrogens is 252 g/mol. The van der Waals surface area contributed by atoms with Crippen molar-refractivity contribution in [1.82, 2.24) is 9.80 Å². The first-order valence-electron chi connectivity index (χ1n) is 7.32. The van der Waals surface area contributed by atoms with Crippen LogP contribution >= 0.6 is 0 Å². The first-order valence-corrected chi connectivity index (χ1v) is 7.32. The minimum absolute atomic E-state index is 0.141. The summed E-state index contributed by atoms with van der Waals surface area (Å²) < 4.78 is 0. The predicted molar refractivity (Wildman–Crippen MR) is 77.0 cm³/mol. The number of rotatable bonds is 2. The summed E-state index contributed by atoms with van der Waals surface area (Å²) in [4.78, 5) is 16.8. The highest BCUT2D eigenvalue weighted by Gasteiger charge is 2.53. The molecule has 1 spiro atoms. The van der Waals surface area contributed by atoms with E-state index >= 15 is 0 Å². The van der Waals surface area contributed by atoms with Gasteiger partial charge in [0.05, 0.1) is 11.5 Å². The van der Waals surface area contributed by atoms with Crippen LogP contribution in [0.1, 0.15) is 18.4 Å². The Balaban J connectivity index is 1.74. The molecule has 2 atom stereocenters. The maximum atomic E-state index is 12.8. The summed E-state index contributed by atoms with van der Waals surface area (Å²) >= 11 is 0. The van der Waals surface area contributed by atoms with E-state index in [1.54, 1.807) is 0 Å². The molecule has 0 radical (unpaired) electrons. The average molecular weight is 274 g/mol. The number of nitrogens with zero attached hydrogens (tertiary/aromatic N) is 2. The molecule has 1 aromatic rings. The number of carbonyl (C=O) groups excluding carboxylic acids is 1. The molecule has 2 unspecified atom stereocenters. The Bertz CT molecular complexity index is 491. The molecule has 0 aliphatic carbocycles. The van der Waals surface area contributed by atoms with E-state index in [0.29, 0.717) is 13.1 Å². The molecule has 0 aromatic heterocycles. The summed E-state index contributed by atoms with van der Waals surface area (Å²) in [6, 6.07) is 10.1. The van der Waals surface area contributed by atoms with Crippen molar-refractivity contribution in [2.75, 3.05) is 26.7 Å². The number of benzene rings is 1. The van der Waals surface area contributed by atoms with Gasteiger partial charge in [-0.15, -0.1) is 0 Å². The van der Waals surface area contributed by atoms with E-state index in [2.05, 4.69) is 4.90 Å². The lowest BCUT2D eigenvalue weighted by atomic mass is 9.75. The lowest BCUT2D eigenvalue weighted by Crippen LogP contribution is -2.53. The number of hydrogen-bond acceptors (Lipinski definition) is 3. The molecule has 2 fully saturated rings. The molecular formula is C16H22N2O2. The van der Waals surface area contributed by atoms with E-state index in [1.165, 1.54) is 0 Å². The van der Waals surface area contributed by atoms with Crippen molar-refractivity contribution in [3.63, 3.8) is 0 Å². The van der Waals surface area contributed by atoms with E-state index in [-0.39, 0.29) is 5.91 Å². The van der Waals surface area contributed by atoms with Gasteiger partial charge in [0.15, 0.2) is 0 Å². The molecule has 1 N–H and O–H groups in total. The first kappa shape index (κ1) is 13.6. The zero-order valence-corrected chi connectivity index (χ0v) is 12.0. The number of likely N-dealkylation sites (tertiary alicyclic amines) is 2. The maximum absolute atomic E-state index is 12.8. The molecule has 0 saturated carbocycles. The van der Waals surface area contributed by atoms with E-state index in [9.17, 15) is 9.90 Å². The van der Waals surface area contributed by atoms with Gasteiger partial charge in [-0.1, -0.05) is 30.3 Å². The fraction of sp³-hybridized carbons (Fsp3) is 0.562. The summed E-state index contributed by atoms with van der Waals surface area (Å²) in [5.41, 5.74) is 0.627. The summed E-state index contributed by atoms with van der Waals surface area (Å²) in [5.74, 6) is 0.141. The van der Waals surface area contributed by atoms with Gasteiger partial charge in [0.1, 0.15) is 0 Å². The van der Waals surface area contributed by atoms with Gasteiger partial charge in [-0.3, -0.25) is 4.79 Å². The molecule has 20 heavy (non-hydrogen) atoms. The Labute approximate surface area is 120 Å². The number of carbonyl (C=O) groups is 1. The molecule has 4 nitrogen and oxygen atoms in total. The van der Waals surface area contributed by atoms with E-state index in [1.807, 2.05) is 42.3 Å². The van der Waals surface area contributed by atoms with Crippen LogP contribution < -0.4 is 0 Å². The van der Waals surface area contributed by atoms with Gasteiger partial charge in [0, 0.05) is 19.6 Å². The number of aliphatic hydroxyl groups is 1. The second-order valence-electron chi connectivity index (χ2n) is 6.15. The van der Waals surface area contributed by atoms with Gasteiger partial charge in [-0.25, -0.2) is 0 Å². The SMILES string of the molecule is CN1CCC2(CCN(Cc3ccccc3)C2=O)C(O)C1.